The summed E-state index contributed by atoms with van der Waals surface area (Å²) in [6.07, 6.45) is 3.33. The molecule has 1 aliphatic heterocycles. The first-order valence-electron chi connectivity index (χ1n) is 10.1. The van der Waals surface area contributed by atoms with Crippen molar-refractivity contribution in [3.05, 3.63) is 87.7 Å². The number of carbonyl (C=O) groups is 1. The fraction of sp³-hybridized carbons (Fsp3) is 0.273. The summed E-state index contributed by atoms with van der Waals surface area (Å²) >= 11 is 0. The van der Waals surface area contributed by atoms with Gasteiger partial charge in [-0.15, -0.1) is 0 Å². The van der Waals surface area contributed by atoms with Gasteiger partial charge in [-0.3, -0.25) is 14.9 Å². The van der Waals surface area contributed by atoms with Crippen molar-refractivity contribution in [2.45, 2.75) is 6.04 Å². The molecule has 1 aliphatic rings. The lowest BCUT2D eigenvalue weighted by molar-refractivity contribution is -0.384. The van der Waals surface area contributed by atoms with Gasteiger partial charge in [-0.25, -0.2) is 9.37 Å². The third kappa shape index (κ3) is 4.45. The van der Waals surface area contributed by atoms with Gasteiger partial charge in [0.15, 0.2) is 0 Å². The Morgan fingerprint density at radius 2 is 1.94 bits per heavy atom. The summed E-state index contributed by atoms with van der Waals surface area (Å²) in [5.41, 5.74) is 1.09. The molecule has 0 aliphatic carbocycles. The van der Waals surface area contributed by atoms with E-state index in [9.17, 15) is 19.3 Å². The number of imidazole rings is 1. The predicted molar refractivity (Wildman–Crippen MR) is 115 cm³/mol. The van der Waals surface area contributed by atoms with Gasteiger partial charge in [-0.1, -0.05) is 12.1 Å². The minimum absolute atomic E-state index is 0.144. The maximum absolute atomic E-state index is 13.4. The lowest BCUT2D eigenvalue weighted by Gasteiger charge is -2.28. The number of benzene rings is 2. The Labute approximate surface area is 183 Å². The standard InChI is InChI=1S/C22H22FN5O4/c1-26-9-8-24-21(26)20(15-2-5-17(23)6-3-15)25-22(29)16-4-7-18(19(14-16)28(30)31)27-10-12-32-13-11-27/h2-9,14,20H,10-13H2,1H3,(H,25,29)/t20-/m0/s1. The fourth-order valence-electron chi connectivity index (χ4n) is 3.70. The van der Waals surface area contributed by atoms with Crippen LogP contribution in [0.2, 0.25) is 0 Å². The molecule has 32 heavy (non-hydrogen) atoms. The molecule has 0 unspecified atom stereocenters. The predicted octanol–water partition coefficient (Wildman–Crippen LogP) is 2.82. The van der Waals surface area contributed by atoms with Gasteiger partial charge in [0, 0.05) is 44.2 Å². The number of morpholine rings is 1. The monoisotopic (exact) mass is 439 g/mol. The number of carbonyl (C=O) groups excluding carboxylic acids is 1. The number of anilines is 1. The van der Waals surface area contributed by atoms with Crippen molar-refractivity contribution < 1.29 is 18.8 Å². The number of rotatable bonds is 6. The number of nitro benzene ring substituents is 1. The van der Waals surface area contributed by atoms with Crippen molar-refractivity contribution in [2.24, 2.45) is 7.05 Å². The highest BCUT2D eigenvalue weighted by Crippen LogP contribution is 2.30. The lowest BCUT2D eigenvalue weighted by Crippen LogP contribution is -2.36. The van der Waals surface area contributed by atoms with Crippen molar-refractivity contribution in [1.82, 2.24) is 14.9 Å². The largest absolute Gasteiger partial charge is 0.378 e. The lowest BCUT2D eigenvalue weighted by atomic mass is 10.0. The van der Waals surface area contributed by atoms with Gasteiger partial charge < -0.3 is 19.5 Å². The molecule has 1 fully saturated rings. The number of ether oxygens (including phenoxy) is 1. The fourth-order valence-corrected chi connectivity index (χ4v) is 3.70. The van der Waals surface area contributed by atoms with Crippen LogP contribution in [-0.2, 0) is 11.8 Å². The van der Waals surface area contributed by atoms with Crippen LogP contribution in [0.25, 0.3) is 0 Å². The highest BCUT2D eigenvalue weighted by molar-refractivity contribution is 5.96. The van der Waals surface area contributed by atoms with Crippen molar-refractivity contribution in [2.75, 3.05) is 31.2 Å². The molecule has 1 saturated heterocycles. The molecule has 1 N–H and O–H groups in total. The van der Waals surface area contributed by atoms with Crippen molar-refractivity contribution in [3.63, 3.8) is 0 Å². The van der Waals surface area contributed by atoms with E-state index in [2.05, 4.69) is 10.3 Å². The second-order valence-corrected chi connectivity index (χ2v) is 7.41. The molecule has 0 saturated carbocycles. The number of hydrogen-bond acceptors (Lipinski definition) is 6. The van der Waals surface area contributed by atoms with Gasteiger partial charge in [-0.2, -0.15) is 0 Å². The molecule has 166 valence electrons. The van der Waals surface area contributed by atoms with Crippen LogP contribution < -0.4 is 10.2 Å². The van der Waals surface area contributed by atoms with E-state index < -0.39 is 22.7 Å². The molecule has 1 atom stereocenters. The second-order valence-electron chi connectivity index (χ2n) is 7.41. The smallest absolute Gasteiger partial charge is 0.293 e. The molecule has 0 bridgehead atoms. The van der Waals surface area contributed by atoms with E-state index in [-0.39, 0.29) is 11.3 Å². The Balaban J connectivity index is 1.64. The molecule has 9 nitrogen and oxygen atoms in total. The van der Waals surface area contributed by atoms with Crippen LogP contribution in [0.3, 0.4) is 0 Å². The zero-order valence-corrected chi connectivity index (χ0v) is 17.4. The molecule has 0 spiro atoms. The minimum atomic E-state index is -0.666. The zero-order chi connectivity index (χ0) is 22.7. The summed E-state index contributed by atoms with van der Waals surface area (Å²) in [5, 5.41) is 14.6. The Bertz CT molecular complexity index is 1130. The van der Waals surface area contributed by atoms with E-state index >= 15 is 0 Å². The average Bonchev–Trinajstić information content (AvgIpc) is 3.23. The molecule has 2 heterocycles. The van der Waals surface area contributed by atoms with Crippen LogP contribution >= 0.6 is 0 Å². The summed E-state index contributed by atoms with van der Waals surface area (Å²) < 4.78 is 20.5. The molecular formula is C22H22FN5O4. The minimum Gasteiger partial charge on any atom is -0.378 e. The summed E-state index contributed by atoms with van der Waals surface area (Å²) in [5.74, 6) is -0.351. The SMILES string of the molecule is Cn1ccnc1[C@@H](NC(=O)c1ccc(N2CCOCC2)c([N+](=O)[O-])c1)c1ccc(F)cc1. The highest BCUT2D eigenvalue weighted by Gasteiger charge is 2.26. The van der Waals surface area contributed by atoms with E-state index in [1.807, 2.05) is 4.90 Å². The van der Waals surface area contributed by atoms with Crippen LogP contribution in [-0.4, -0.2) is 46.7 Å². The van der Waals surface area contributed by atoms with Gasteiger partial charge in [0.25, 0.3) is 11.6 Å². The van der Waals surface area contributed by atoms with Gasteiger partial charge in [0.2, 0.25) is 0 Å². The van der Waals surface area contributed by atoms with Crippen LogP contribution in [0.15, 0.2) is 54.9 Å². The number of aromatic nitrogens is 2. The molecule has 0 radical (unpaired) electrons. The third-order valence-electron chi connectivity index (χ3n) is 5.38. The molecule has 1 amide bonds. The van der Waals surface area contributed by atoms with Crippen LogP contribution in [0, 0.1) is 15.9 Å². The number of hydrogen-bond donors (Lipinski definition) is 1. The van der Waals surface area contributed by atoms with Crippen molar-refractivity contribution in [3.8, 4) is 0 Å². The van der Waals surface area contributed by atoms with Crippen molar-refractivity contribution in [1.29, 1.82) is 0 Å². The summed E-state index contributed by atoms with van der Waals surface area (Å²) in [6, 6.07) is 9.51. The molecule has 1 aromatic heterocycles. The van der Waals surface area contributed by atoms with Gasteiger partial charge >= 0.3 is 0 Å². The van der Waals surface area contributed by atoms with Crippen molar-refractivity contribution >= 4 is 17.3 Å². The van der Waals surface area contributed by atoms with E-state index in [1.54, 1.807) is 48.3 Å². The number of aryl methyl sites for hydroxylation is 1. The van der Waals surface area contributed by atoms with Crippen LogP contribution in [0.1, 0.15) is 27.8 Å². The number of amides is 1. The van der Waals surface area contributed by atoms with E-state index in [1.165, 1.54) is 18.2 Å². The number of nitrogens with zero attached hydrogens (tertiary/aromatic N) is 4. The quantitative estimate of drug-likeness (QED) is 0.468. The highest BCUT2D eigenvalue weighted by atomic mass is 19.1. The molecule has 3 aromatic rings. The Kier molecular flexibility index (Phi) is 6.13. The first-order chi connectivity index (χ1) is 15.4. The molecule has 4 rings (SSSR count). The maximum atomic E-state index is 13.4. The van der Waals surface area contributed by atoms with E-state index in [4.69, 9.17) is 4.74 Å². The number of nitro groups is 1. The summed E-state index contributed by atoms with van der Waals surface area (Å²) in [4.78, 5) is 30.5. The maximum Gasteiger partial charge on any atom is 0.293 e. The molecule has 10 heteroatoms. The Morgan fingerprint density at radius 1 is 1.22 bits per heavy atom. The zero-order valence-electron chi connectivity index (χ0n) is 17.4. The van der Waals surface area contributed by atoms with Gasteiger partial charge in [0.1, 0.15) is 23.4 Å². The van der Waals surface area contributed by atoms with Gasteiger partial charge in [-0.05, 0) is 29.8 Å². The first kappa shape index (κ1) is 21.4. The number of nitrogens with one attached hydrogen (secondary N) is 1. The molecular weight excluding hydrogens is 417 g/mol. The Morgan fingerprint density at radius 3 is 2.56 bits per heavy atom. The summed E-state index contributed by atoms with van der Waals surface area (Å²) in [6.45, 7) is 2.06. The summed E-state index contributed by atoms with van der Waals surface area (Å²) in [7, 11) is 1.78. The number of halogens is 1. The van der Waals surface area contributed by atoms with Gasteiger partial charge in [0.05, 0.1) is 18.1 Å². The topological polar surface area (TPSA) is 103 Å². The van der Waals surface area contributed by atoms with Crippen LogP contribution in [0.4, 0.5) is 15.8 Å². The average molecular weight is 439 g/mol. The second kappa shape index (κ2) is 9.15. The third-order valence-corrected chi connectivity index (χ3v) is 5.38. The Hall–Kier alpha value is -3.79. The normalized spacial score (nSPS) is 14.8. The van der Waals surface area contributed by atoms with E-state index in [0.717, 1.165) is 0 Å². The molecule has 2 aromatic carbocycles. The van der Waals surface area contributed by atoms with Crippen LogP contribution in [0.5, 0.6) is 0 Å². The van der Waals surface area contributed by atoms with E-state index in [0.29, 0.717) is 43.4 Å². The first-order valence-corrected chi connectivity index (χ1v) is 10.1.